The first-order chi connectivity index (χ1) is 14.1. The van der Waals surface area contributed by atoms with E-state index in [0.717, 1.165) is 46.8 Å². The molecule has 1 atom stereocenters. The molecular formula is C20H28N6O2S. The zero-order valence-corrected chi connectivity index (χ0v) is 17.8. The van der Waals surface area contributed by atoms with E-state index in [1.165, 1.54) is 30.8 Å². The monoisotopic (exact) mass is 416 g/mol. The number of hydrogen-bond acceptors (Lipinski definition) is 8. The standard InChI is InChI=1S/C20H28N6O2S/c1-25-7-4-13(5-8-25)3-6-22-20-18(19(21)23-11-24-20)29-17-10-16-15(27-12-28-16)9-14(17)26(29)2/h9-11,13,29H,3-8,12H2,1-2H3,(H3,21,22,23,24). The SMILES string of the molecule is CN1CCC(CCNc2ncnc(N)c2[SH]2c3cc4c(cc3N2C)OCO4)CC1. The second-order valence-corrected chi connectivity index (χ2v) is 10.1. The van der Waals surface area contributed by atoms with Crippen molar-refractivity contribution in [1.29, 1.82) is 0 Å². The molecule has 4 heterocycles. The molecule has 1 fully saturated rings. The van der Waals surface area contributed by atoms with Crippen LogP contribution >= 0.6 is 11.1 Å². The molecular weight excluding hydrogens is 388 g/mol. The first-order valence-electron chi connectivity index (χ1n) is 10.1. The molecule has 3 aliphatic rings. The van der Waals surface area contributed by atoms with Crippen molar-refractivity contribution in [2.45, 2.75) is 29.1 Å². The number of nitrogens with two attached hydrogens (primary N) is 1. The molecule has 0 radical (unpaired) electrons. The molecule has 0 saturated carbocycles. The van der Waals surface area contributed by atoms with Gasteiger partial charge in [0.25, 0.3) is 0 Å². The van der Waals surface area contributed by atoms with Crippen LogP contribution in [-0.4, -0.2) is 55.4 Å². The van der Waals surface area contributed by atoms with Crippen molar-refractivity contribution in [2.24, 2.45) is 5.92 Å². The van der Waals surface area contributed by atoms with Gasteiger partial charge in [0.05, 0.1) is 10.6 Å². The van der Waals surface area contributed by atoms with Crippen LogP contribution in [0, 0.1) is 5.92 Å². The minimum Gasteiger partial charge on any atom is -0.454 e. The van der Waals surface area contributed by atoms with Crippen LogP contribution in [0.3, 0.4) is 0 Å². The summed E-state index contributed by atoms with van der Waals surface area (Å²) in [6, 6.07) is 4.13. The van der Waals surface area contributed by atoms with Gasteiger partial charge < -0.3 is 29.7 Å². The number of aromatic nitrogens is 2. The smallest absolute Gasteiger partial charge is 0.231 e. The number of nitrogen functional groups attached to an aromatic ring is 1. The van der Waals surface area contributed by atoms with Crippen LogP contribution in [0.5, 0.6) is 11.5 Å². The number of likely N-dealkylation sites (tertiary alicyclic amines) is 1. The van der Waals surface area contributed by atoms with E-state index in [1.54, 1.807) is 6.33 Å². The van der Waals surface area contributed by atoms with Crippen LogP contribution in [0.4, 0.5) is 17.3 Å². The van der Waals surface area contributed by atoms with Crippen molar-refractivity contribution in [3.05, 3.63) is 18.5 Å². The van der Waals surface area contributed by atoms with Crippen LogP contribution in [0.25, 0.3) is 0 Å². The molecule has 5 rings (SSSR count). The van der Waals surface area contributed by atoms with Crippen molar-refractivity contribution in [2.75, 3.05) is 55.9 Å². The van der Waals surface area contributed by atoms with Crippen molar-refractivity contribution in [1.82, 2.24) is 14.9 Å². The summed E-state index contributed by atoms with van der Waals surface area (Å²) in [6.45, 7) is 3.57. The van der Waals surface area contributed by atoms with Crippen LogP contribution in [0.1, 0.15) is 19.3 Å². The summed E-state index contributed by atoms with van der Waals surface area (Å²) >= 11 is -0.777. The Hall–Kier alpha value is -2.39. The van der Waals surface area contributed by atoms with Gasteiger partial charge in [-0.3, -0.25) is 0 Å². The minimum absolute atomic E-state index is 0.278. The topological polar surface area (TPSA) is 88.8 Å². The van der Waals surface area contributed by atoms with Crippen LogP contribution in [-0.2, 0) is 0 Å². The van der Waals surface area contributed by atoms with Crippen molar-refractivity contribution in [3.8, 4) is 11.5 Å². The summed E-state index contributed by atoms with van der Waals surface area (Å²) in [5.74, 6) is 3.78. The van der Waals surface area contributed by atoms with Crippen molar-refractivity contribution in [3.63, 3.8) is 0 Å². The number of nitrogens with zero attached hydrogens (tertiary/aromatic N) is 4. The second kappa shape index (κ2) is 7.46. The van der Waals surface area contributed by atoms with Gasteiger partial charge in [-0.05, 0) is 45.3 Å². The van der Waals surface area contributed by atoms with E-state index < -0.39 is 11.1 Å². The number of anilines is 3. The molecule has 9 heteroatoms. The molecule has 29 heavy (non-hydrogen) atoms. The lowest BCUT2D eigenvalue weighted by Crippen LogP contribution is -2.31. The third-order valence-corrected chi connectivity index (χ3v) is 8.59. The van der Waals surface area contributed by atoms with Crippen LogP contribution < -0.4 is 24.8 Å². The molecule has 2 aromatic rings. The summed E-state index contributed by atoms with van der Waals surface area (Å²) in [7, 11) is 4.29. The fourth-order valence-electron chi connectivity index (χ4n) is 4.32. The number of hydrogen-bond donors (Lipinski definition) is 3. The van der Waals surface area contributed by atoms with E-state index in [9.17, 15) is 0 Å². The Kier molecular flexibility index (Phi) is 4.79. The quantitative estimate of drug-likeness (QED) is 0.641. The number of fused-ring (bicyclic) bond motifs is 2. The fraction of sp³-hybridized carbons (Fsp3) is 0.500. The van der Waals surface area contributed by atoms with E-state index in [2.05, 4.69) is 44.7 Å². The number of rotatable bonds is 5. The summed E-state index contributed by atoms with van der Waals surface area (Å²) in [6.07, 6.45) is 5.24. The molecule has 8 nitrogen and oxygen atoms in total. The Morgan fingerprint density at radius 3 is 2.72 bits per heavy atom. The molecule has 0 spiro atoms. The number of benzene rings is 1. The van der Waals surface area contributed by atoms with E-state index in [-0.39, 0.29) is 6.79 Å². The van der Waals surface area contributed by atoms with Gasteiger partial charge in [0.1, 0.15) is 18.0 Å². The van der Waals surface area contributed by atoms with E-state index in [0.29, 0.717) is 5.82 Å². The lowest BCUT2D eigenvalue weighted by atomic mass is 9.94. The zero-order valence-electron chi connectivity index (χ0n) is 16.9. The van der Waals surface area contributed by atoms with Gasteiger partial charge in [0, 0.05) is 30.6 Å². The molecule has 3 N–H and O–H groups in total. The highest BCUT2D eigenvalue weighted by atomic mass is 32.2. The Morgan fingerprint density at radius 1 is 1.17 bits per heavy atom. The molecule has 3 aliphatic heterocycles. The van der Waals surface area contributed by atoms with Gasteiger partial charge in [-0.2, -0.15) is 0 Å². The molecule has 0 aliphatic carbocycles. The number of ether oxygens (including phenoxy) is 2. The predicted octanol–water partition coefficient (Wildman–Crippen LogP) is 2.72. The third-order valence-electron chi connectivity index (χ3n) is 6.09. The summed E-state index contributed by atoms with van der Waals surface area (Å²) in [5.41, 5.74) is 7.48. The third kappa shape index (κ3) is 3.32. The van der Waals surface area contributed by atoms with Gasteiger partial charge in [0.15, 0.2) is 11.5 Å². The largest absolute Gasteiger partial charge is 0.454 e. The fourth-order valence-corrected chi connectivity index (χ4v) is 6.70. The lowest BCUT2D eigenvalue weighted by molar-refractivity contribution is 0.174. The van der Waals surface area contributed by atoms with Crippen molar-refractivity contribution >= 4 is 28.4 Å². The first kappa shape index (κ1) is 18.6. The predicted molar refractivity (Wildman–Crippen MR) is 116 cm³/mol. The number of nitrogens with one attached hydrogen (secondary N) is 1. The molecule has 1 unspecified atom stereocenters. The van der Waals surface area contributed by atoms with Gasteiger partial charge in [0.2, 0.25) is 6.79 Å². The maximum atomic E-state index is 6.33. The average Bonchev–Trinajstić information content (AvgIpc) is 3.18. The summed E-state index contributed by atoms with van der Waals surface area (Å²) < 4.78 is 13.3. The minimum atomic E-state index is -0.777. The Labute approximate surface area is 173 Å². The average molecular weight is 417 g/mol. The molecule has 0 bridgehead atoms. The highest BCUT2D eigenvalue weighted by molar-refractivity contribution is 8.20. The van der Waals surface area contributed by atoms with Crippen LogP contribution in [0.15, 0.2) is 28.3 Å². The van der Waals surface area contributed by atoms with E-state index in [4.69, 9.17) is 15.2 Å². The maximum Gasteiger partial charge on any atom is 0.231 e. The molecule has 1 aromatic carbocycles. The molecule has 0 amide bonds. The summed E-state index contributed by atoms with van der Waals surface area (Å²) in [4.78, 5) is 13.5. The Morgan fingerprint density at radius 2 is 1.93 bits per heavy atom. The Bertz CT molecular complexity index is 918. The molecule has 1 aromatic heterocycles. The normalized spacial score (nSPS) is 22.3. The van der Waals surface area contributed by atoms with E-state index in [1.807, 2.05) is 6.07 Å². The first-order valence-corrected chi connectivity index (χ1v) is 11.4. The highest BCUT2D eigenvalue weighted by Gasteiger charge is 2.36. The highest BCUT2D eigenvalue weighted by Crippen LogP contribution is 2.65. The number of piperidine rings is 1. The van der Waals surface area contributed by atoms with Gasteiger partial charge in [-0.15, -0.1) is 11.1 Å². The van der Waals surface area contributed by atoms with Gasteiger partial charge >= 0.3 is 0 Å². The maximum absolute atomic E-state index is 6.33. The lowest BCUT2D eigenvalue weighted by Gasteiger charge is -2.45. The Balaban J connectivity index is 1.34. The van der Waals surface area contributed by atoms with E-state index >= 15 is 0 Å². The van der Waals surface area contributed by atoms with Crippen molar-refractivity contribution < 1.29 is 9.47 Å². The molecule has 156 valence electrons. The summed E-state index contributed by atoms with van der Waals surface area (Å²) in [5, 5.41) is 3.55. The van der Waals surface area contributed by atoms with Gasteiger partial charge in [-0.25, -0.2) is 9.97 Å². The number of thiol groups is 1. The zero-order chi connectivity index (χ0) is 20.0. The molecule has 1 saturated heterocycles. The van der Waals surface area contributed by atoms with Crippen LogP contribution in [0.2, 0.25) is 0 Å². The van der Waals surface area contributed by atoms with Gasteiger partial charge in [-0.1, -0.05) is 0 Å². The second-order valence-electron chi connectivity index (χ2n) is 7.95.